The lowest BCUT2D eigenvalue weighted by atomic mass is 10.1. The minimum absolute atomic E-state index is 0.00896. The molecule has 0 heterocycles. The van der Waals surface area contributed by atoms with Gasteiger partial charge in [-0.05, 0) is 40.2 Å². The molecule has 0 aliphatic heterocycles. The number of halogens is 2. The second kappa shape index (κ2) is 6.19. The van der Waals surface area contributed by atoms with E-state index in [1.165, 1.54) is 6.07 Å². The van der Waals surface area contributed by atoms with E-state index in [-0.39, 0.29) is 10.6 Å². The maximum atomic E-state index is 13.8. The first kappa shape index (κ1) is 14.7. The van der Waals surface area contributed by atoms with E-state index < -0.39 is 5.82 Å². The molecular formula is C14H12BrFN2OS. The van der Waals surface area contributed by atoms with Gasteiger partial charge in [0.25, 0.3) is 0 Å². The molecule has 2 aromatic carbocycles. The second-order valence-electron chi connectivity index (χ2n) is 4.00. The van der Waals surface area contributed by atoms with E-state index in [0.29, 0.717) is 11.4 Å². The van der Waals surface area contributed by atoms with Gasteiger partial charge in [-0.3, -0.25) is 0 Å². The highest BCUT2D eigenvalue weighted by atomic mass is 79.9. The Labute approximate surface area is 130 Å². The maximum absolute atomic E-state index is 13.8. The molecule has 0 saturated carbocycles. The Balaban J connectivity index is 2.40. The highest BCUT2D eigenvalue weighted by Gasteiger charge is 2.11. The summed E-state index contributed by atoms with van der Waals surface area (Å²) in [6.07, 6.45) is 0. The van der Waals surface area contributed by atoms with Crippen LogP contribution < -0.4 is 15.8 Å². The second-order valence-corrected chi connectivity index (χ2v) is 5.30. The van der Waals surface area contributed by atoms with Crippen LogP contribution in [0.2, 0.25) is 0 Å². The predicted octanol–water partition coefficient (Wildman–Crippen LogP) is 3.97. The van der Waals surface area contributed by atoms with Crippen LogP contribution >= 0.6 is 28.1 Å². The predicted molar refractivity (Wildman–Crippen MR) is 86.3 cm³/mol. The highest BCUT2D eigenvalue weighted by Crippen LogP contribution is 2.30. The molecule has 0 saturated heterocycles. The van der Waals surface area contributed by atoms with Crippen LogP contribution in [0.25, 0.3) is 0 Å². The lowest BCUT2D eigenvalue weighted by Gasteiger charge is -2.13. The maximum Gasteiger partial charge on any atom is 0.135 e. The smallest absolute Gasteiger partial charge is 0.135 e. The largest absolute Gasteiger partial charge is 0.495 e. The van der Waals surface area contributed by atoms with Crippen molar-refractivity contribution < 1.29 is 9.13 Å². The van der Waals surface area contributed by atoms with Gasteiger partial charge in [0.1, 0.15) is 16.6 Å². The van der Waals surface area contributed by atoms with Crippen molar-refractivity contribution in [1.29, 1.82) is 0 Å². The summed E-state index contributed by atoms with van der Waals surface area (Å²) in [5.41, 5.74) is 7.03. The van der Waals surface area contributed by atoms with E-state index in [9.17, 15) is 4.39 Å². The Hall–Kier alpha value is -1.66. The molecule has 0 fully saturated rings. The number of nitrogens with one attached hydrogen (secondary N) is 1. The summed E-state index contributed by atoms with van der Waals surface area (Å²) in [5.74, 6) is 0.217. The molecule has 6 heteroatoms. The molecule has 104 valence electrons. The molecule has 0 aromatic heterocycles. The zero-order valence-electron chi connectivity index (χ0n) is 10.6. The third-order valence-electron chi connectivity index (χ3n) is 2.69. The molecule has 0 amide bonds. The van der Waals surface area contributed by atoms with Gasteiger partial charge in [-0.15, -0.1) is 0 Å². The van der Waals surface area contributed by atoms with Crippen molar-refractivity contribution in [3.8, 4) is 5.75 Å². The van der Waals surface area contributed by atoms with E-state index >= 15 is 0 Å². The monoisotopic (exact) mass is 354 g/mol. The summed E-state index contributed by atoms with van der Waals surface area (Å²) in [6, 6.07) is 10.1. The van der Waals surface area contributed by atoms with Gasteiger partial charge in [0.05, 0.1) is 22.8 Å². The van der Waals surface area contributed by atoms with Crippen molar-refractivity contribution in [3.63, 3.8) is 0 Å². The van der Waals surface area contributed by atoms with Gasteiger partial charge in [-0.2, -0.15) is 0 Å². The lowest BCUT2D eigenvalue weighted by Crippen LogP contribution is -2.14. The molecule has 2 aromatic rings. The quantitative estimate of drug-likeness (QED) is 0.815. The zero-order chi connectivity index (χ0) is 14.7. The summed E-state index contributed by atoms with van der Waals surface area (Å²) in [4.78, 5) is 0.00896. The number of hydrogen-bond acceptors (Lipinski definition) is 3. The summed E-state index contributed by atoms with van der Waals surface area (Å²) < 4.78 is 19.8. The number of nitrogens with two attached hydrogens (primary N) is 1. The number of methoxy groups -OCH3 is 1. The van der Waals surface area contributed by atoms with Gasteiger partial charge >= 0.3 is 0 Å². The molecule has 3 N–H and O–H groups in total. The van der Waals surface area contributed by atoms with Crippen molar-refractivity contribution in [2.45, 2.75) is 0 Å². The van der Waals surface area contributed by atoms with E-state index in [0.717, 1.165) is 10.2 Å². The van der Waals surface area contributed by atoms with Crippen LogP contribution in [0.3, 0.4) is 0 Å². The molecule has 0 atom stereocenters. The first-order valence-corrected chi connectivity index (χ1v) is 6.92. The number of anilines is 2. The van der Waals surface area contributed by atoms with Crippen molar-refractivity contribution in [2.24, 2.45) is 5.73 Å². The minimum Gasteiger partial charge on any atom is -0.495 e. The summed E-state index contributed by atoms with van der Waals surface area (Å²) in [5, 5.41) is 3.09. The van der Waals surface area contributed by atoms with Crippen molar-refractivity contribution in [3.05, 3.63) is 52.3 Å². The number of thiocarbonyl (C=S) groups is 1. The number of ether oxygens (including phenoxy) is 1. The van der Waals surface area contributed by atoms with Gasteiger partial charge in [0.15, 0.2) is 0 Å². The minimum atomic E-state index is -0.452. The Morgan fingerprint density at radius 3 is 2.75 bits per heavy atom. The van der Waals surface area contributed by atoms with Gasteiger partial charge in [-0.1, -0.05) is 18.3 Å². The average molecular weight is 355 g/mol. The first-order chi connectivity index (χ1) is 9.52. The number of benzene rings is 2. The van der Waals surface area contributed by atoms with E-state index in [1.807, 2.05) is 12.1 Å². The highest BCUT2D eigenvalue weighted by molar-refractivity contribution is 9.10. The molecule has 3 nitrogen and oxygen atoms in total. The van der Waals surface area contributed by atoms with E-state index in [1.54, 1.807) is 25.3 Å². The SMILES string of the molecule is COc1cc(Nc2cccc(F)c2C(N)=S)ccc1Br. The van der Waals surface area contributed by atoms with Gasteiger partial charge in [-0.25, -0.2) is 4.39 Å². The fourth-order valence-electron chi connectivity index (χ4n) is 1.77. The fourth-order valence-corrected chi connectivity index (χ4v) is 2.39. The average Bonchev–Trinajstić information content (AvgIpc) is 2.40. The van der Waals surface area contributed by atoms with Gasteiger partial charge in [0, 0.05) is 11.8 Å². The molecule has 0 spiro atoms. The van der Waals surface area contributed by atoms with Crippen LogP contribution in [0, 0.1) is 5.82 Å². The van der Waals surface area contributed by atoms with Crippen LogP contribution in [0.4, 0.5) is 15.8 Å². The van der Waals surface area contributed by atoms with Crippen molar-refractivity contribution in [1.82, 2.24) is 0 Å². The molecule has 0 aliphatic carbocycles. The number of hydrogen-bond donors (Lipinski definition) is 2. The molecule has 2 rings (SSSR count). The Morgan fingerprint density at radius 1 is 1.35 bits per heavy atom. The summed E-state index contributed by atoms with van der Waals surface area (Å²) >= 11 is 8.26. The van der Waals surface area contributed by atoms with Crippen LogP contribution in [0.1, 0.15) is 5.56 Å². The number of rotatable bonds is 4. The summed E-state index contributed by atoms with van der Waals surface area (Å²) in [6.45, 7) is 0. The summed E-state index contributed by atoms with van der Waals surface area (Å²) in [7, 11) is 1.58. The molecular weight excluding hydrogens is 343 g/mol. The first-order valence-electron chi connectivity index (χ1n) is 5.72. The van der Waals surface area contributed by atoms with Gasteiger partial charge < -0.3 is 15.8 Å². The third-order valence-corrected chi connectivity index (χ3v) is 3.55. The molecule has 0 aliphatic rings. The normalized spacial score (nSPS) is 10.2. The van der Waals surface area contributed by atoms with Crippen molar-refractivity contribution in [2.75, 3.05) is 12.4 Å². The fraction of sp³-hybridized carbons (Fsp3) is 0.0714. The topological polar surface area (TPSA) is 47.3 Å². The van der Waals surface area contributed by atoms with E-state index in [2.05, 4.69) is 21.2 Å². The Bertz CT molecular complexity index is 664. The molecule has 0 bridgehead atoms. The molecule has 0 radical (unpaired) electrons. The molecule has 20 heavy (non-hydrogen) atoms. The lowest BCUT2D eigenvalue weighted by molar-refractivity contribution is 0.412. The van der Waals surface area contributed by atoms with Gasteiger partial charge in [0.2, 0.25) is 0 Å². The van der Waals surface area contributed by atoms with Crippen LogP contribution in [-0.4, -0.2) is 12.1 Å². The van der Waals surface area contributed by atoms with Crippen LogP contribution in [0.15, 0.2) is 40.9 Å². The van der Waals surface area contributed by atoms with E-state index in [4.69, 9.17) is 22.7 Å². The van der Waals surface area contributed by atoms with Crippen LogP contribution in [-0.2, 0) is 0 Å². The van der Waals surface area contributed by atoms with Crippen molar-refractivity contribution >= 4 is 44.5 Å². The Morgan fingerprint density at radius 2 is 2.10 bits per heavy atom. The standard InChI is InChI=1S/C14H12BrFN2OS/c1-19-12-7-8(5-6-9(12)15)18-11-4-2-3-10(16)13(11)14(17)20/h2-7,18H,1H3,(H2,17,20). The Kier molecular flexibility index (Phi) is 4.57. The zero-order valence-corrected chi connectivity index (χ0v) is 13.0. The van der Waals surface area contributed by atoms with Crippen LogP contribution in [0.5, 0.6) is 5.75 Å². The molecule has 0 unspecified atom stereocenters. The third kappa shape index (κ3) is 3.08.